The summed E-state index contributed by atoms with van der Waals surface area (Å²) >= 11 is 1.48. The Hall–Kier alpha value is -1.03. The highest BCUT2D eigenvalue weighted by atomic mass is 32.2. The minimum atomic E-state index is 0.437. The second-order valence-electron chi connectivity index (χ2n) is 2.36. The number of aromatic nitrogens is 1. The van der Waals surface area contributed by atoms with E-state index in [2.05, 4.69) is 4.57 Å². The second-order valence-corrected chi connectivity index (χ2v) is 3.53. The molecule has 0 amide bonds. The summed E-state index contributed by atoms with van der Waals surface area (Å²) in [5.74, 6) is 0.914. The predicted octanol–water partition coefficient (Wildman–Crippen LogP) is -1.22. The molecule has 0 unspecified atom stereocenters. The van der Waals surface area contributed by atoms with Gasteiger partial charge in [0.15, 0.2) is 18.9 Å². The van der Waals surface area contributed by atoms with Crippen LogP contribution in [0, 0.1) is 0 Å². The van der Waals surface area contributed by atoms with Crippen molar-refractivity contribution in [1.82, 2.24) is 0 Å². The van der Waals surface area contributed by atoms with Crippen molar-refractivity contribution in [1.29, 1.82) is 0 Å². The first-order chi connectivity index (χ1) is 5.79. The molecule has 1 aromatic rings. The second kappa shape index (κ2) is 4.77. The molecule has 1 heterocycles. The maximum Gasteiger partial charge on any atom is 0.300 e. The van der Waals surface area contributed by atoms with E-state index in [0.717, 1.165) is 12.3 Å². The van der Waals surface area contributed by atoms with Gasteiger partial charge in [0.25, 0.3) is 5.17 Å². The maximum absolute atomic E-state index is 5.30. The molecule has 0 aliphatic rings. The van der Waals surface area contributed by atoms with Crippen molar-refractivity contribution in [2.75, 3.05) is 5.75 Å². The van der Waals surface area contributed by atoms with Gasteiger partial charge in [-0.2, -0.15) is 0 Å². The third-order valence-electron chi connectivity index (χ3n) is 1.40. The van der Waals surface area contributed by atoms with Crippen molar-refractivity contribution >= 4 is 16.9 Å². The molecular formula is C8H13N3S+2. The number of hydrogen-bond donors (Lipinski definition) is 2. The zero-order chi connectivity index (χ0) is 8.81. The zero-order valence-corrected chi connectivity index (χ0v) is 7.63. The van der Waals surface area contributed by atoms with Crippen molar-refractivity contribution in [3.63, 3.8) is 0 Å². The van der Waals surface area contributed by atoms with E-state index in [4.69, 9.17) is 11.1 Å². The fourth-order valence-corrected chi connectivity index (χ4v) is 1.39. The van der Waals surface area contributed by atoms with E-state index >= 15 is 0 Å². The van der Waals surface area contributed by atoms with Crippen LogP contribution in [-0.4, -0.2) is 10.9 Å². The van der Waals surface area contributed by atoms with Crippen molar-refractivity contribution < 1.29 is 9.98 Å². The molecule has 1 aromatic heterocycles. The molecular weight excluding hydrogens is 170 g/mol. The van der Waals surface area contributed by atoms with Gasteiger partial charge in [-0.25, -0.2) is 4.57 Å². The molecule has 4 heteroatoms. The smallest absolute Gasteiger partial charge is 0.282 e. The number of nitrogens with two attached hydrogens (primary N) is 2. The number of pyridine rings is 1. The molecule has 4 N–H and O–H groups in total. The highest BCUT2D eigenvalue weighted by Gasteiger charge is 2.00. The summed E-state index contributed by atoms with van der Waals surface area (Å²) in [6, 6.07) is 5.99. The standard InChI is InChI=1S/C8H12N3S/c9-8(10)12-7-6-11-4-2-1-3-5-11/h1-5H,6-7H2,(H3,9,10)/q+1/p+1. The third kappa shape index (κ3) is 3.39. The lowest BCUT2D eigenvalue weighted by atomic mass is 10.5. The lowest BCUT2D eigenvalue weighted by Gasteiger charge is -1.92. The molecule has 0 saturated carbocycles. The first-order valence-corrected chi connectivity index (χ1v) is 4.72. The van der Waals surface area contributed by atoms with Crippen molar-refractivity contribution in [3.8, 4) is 0 Å². The van der Waals surface area contributed by atoms with Gasteiger partial charge in [0.1, 0.15) is 0 Å². The van der Waals surface area contributed by atoms with Crippen LogP contribution in [0.25, 0.3) is 0 Å². The molecule has 0 bridgehead atoms. The van der Waals surface area contributed by atoms with E-state index in [0.29, 0.717) is 5.17 Å². The van der Waals surface area contributed by atoms with E-state index in [9.17, 15) is 0 Å². The normalized spacial score (nSPS) is 9.67. The molecule has 0 radical (unpaired) electrons. The van der Waals surface area contributed by atoms with Gasteiger partial charge >= 0.3 is 0 Å². The van der Waals surface area contributed by atoms with Gasteiger partial charge in [-0.1, -0.05) is 6.07 Å². The summed E-state index contributed by atoms with van der Waals surface area (Å²) in [5.41, 5.74) is 5.30. The molecule has 1 rings (SSSR count). The van der Waals surface area contributed by atoms with E-state index in [1.54, 1.807) is 0 Å². The van der Waals surface area contributed by atoms with Gasteiger partial charge in [-0.05, 0) is 11.8 Å². The molecule has 0 aromatic carbocycles. The number of amidine groups is 1. The van der Waals surface area contributed by atoms with E-state index < -0.39 is 0 Å². The van der Waals surface area contributed by atoms with Crippen LogP contribution in [-0.2, 0) is 6.54 Å². The average molecular weight is 183 g/mol. The van der Waals surface area contributed by atoms with Crippen LogP contribution in [0.1, 0.15) is 0 Å². The van der Waals surface area contributed by atoms with Crippen LogP contribution in [0.5, 0.6) is 0 Å². The van der Waals surface area contributed by atoms with E-state index in [1.165, 1.54) is 11.8 Å². The van der Waals surface area contributed by atoms with Gasteiger partial charge in [0.2, 0.25) is 0 Å². The Morgan fingerprint density at radius 3 is 2.58 bits per heavy atom. The molecule has 64 valence electrons. The molecule has 0 saturated heterocycles. The molecule has 3 nitrogen and oxygen atoms in total. The summed E-state index contributed by atoms with van der Waals surface area (Å²) < 4.78 is 2.09. The Labute approximate surface area is 76.1 Å². The Morgan fingerprint density at radius 1 is 1.33 bits per heavy atom. The highest BCUT2D eigenvalue weighted by molar-refractivity contribution is 8.13. The van der Waals surface area contributed by atoms with Gasteiger partial charge in [-0.15, -0.1) is 0 Å². The predicted molar refractivity (Wildman–Crippen MR) is 50.2 cm³/mol. The first-order valence-electron chi connectivity index (χ1n) is 3.74. The van der Waals surface area contributed by atoms with E-state index in [-0.39, 0.29) is 0 Å². The monoisotopic (exact) mass is 183 g/mol. The molecule has 12 heavy (non-hydrogen) atoms. The van der Waals surface area contributed by atoms with Crippen molar-refractivity contribution in [2.24, 2.45) is 5.73 Å². The van der Waals surface area contributed by atoms with Crippen LogP contribution in [0.3, 0.4) is 0 Å². The van der Waals surface area contributed by atoms with Gasteiger partial charge in [-0.3, -0.25) is 11.1 Å². The van der Waals surface area contributed by atoms with Crippen molar-refractivity contribution in [2.45, 2.75) is 6.54 Å². The van der Waals surface area contributed by atoms with Crippen LogP contribution in [0.15, 0.2) is 30.6 Å². The van der Waals surface area contributed by atoms with Crippen molar-refractivity contribution in [3.05, 3.63) is 30.6 Å². The molecule has 0 spiro atoms. The minimum absolute atomic E-state index is 0.437. The average Bonchev–Trinajstić information content (AvgIpc) is 2.05. The zero-order valence-electron chi connectivity index (χ0n) is 6.81. The summed E-state index contributed by atoms with van der Waals surface area (Å²) in [6.07, 6.45) is 4.04. The Bertz CT molecular complexity index is 248. The number of thioether (sulfide) groups is 1. The molecule has 0 aliphatic heterocycles. The fourth-order valence-electron chi connectivity index (χ4n) is 0.852. The largest absolute Gasteiger partial charge is 0.300 e. The Balaban J connectivity index is 2.29. The quantitative estimate of drug-likeness (QED) is 0.351. The topological polar surface area (TPSA) is 55.5 Å². The Morgan fingerprint density at radius 2 is 2.00 bits per heavy atom. The molecule has 0 aliphatic carbocycles. The number of aryl methyl sites for hydroxylation is 1. The summed E-state index contributed by atoms with van der Waals surface area (Å²) in [6.45, 7) is 0.934. The van der Waals surface area contributed by atoms with Gasteiger partial charge in [0, 0.05) is 12.1 Å². The number of nitrogens with zero attached hydrogens (tertiary/aromatic N) is 1. The maximum atomic E-state index is 5.30. The lowest BCUT2D eigenvalue weighted by Crippen LogP contribution is -2.44. The molecule has 0 fully saturated rings. The van der Waals surface area contributed by atoms with Crippen LogP contribution in [0.2, 0.25) is 0 Å². The van der Waals surface area contributed by atoms with Crippen LogP contribution in [0.4, 0.5) is 0 Å². The lowest BCUT2D eigenvalue weighted by molar-refractivity contribution is -0.692. The summed E-state index contributed by atoms with van der Waals surface area (Å²) in [7, 11) is 0. The summed E-state index contributed by atoms with van der Waals surface area (Å²) in [4.78, 5) is 0. The van der Waals surface area contributed by atoms with E-state index in [1.807, 2.05) is 30.6 Å². The Kier molecular flexibility index (Phi) is 3.60. The van der Waals surface area contributed by atoms with Gasteiger partial charge < -0.3 is 0 Å². The van der Waals surface area contributed by atoms with Crippen LogP contribution >= 0.6 is 11.8 Å². The highest BCUT2D eigenvalue weighted by Crippen LogP contribution is 1.93. The van der Waals surface area contributed by atoms with Crippen LogP contribution < -0.4 is 15.7 Å². The summed E-state index contributed by atoms with van der Waals surface area (Å²) in [5, 5.41) is 5.74. The third-order valence-corrected chi connectivity index (χ3v) is 2.12. The van der Waals surface area contributed by atoms with Gasteiger partial charge in [0.05, 0.1) is 5.75 Å². The minimum Gasteiger partial charge on any atom is -0.282 e. The number of rotatable bonds is 3. The SMILES string of the molecule is NC(=[NH2+])SCC[n+]1ccccc1. The number of hydrogen-bond acceptors (Lipinski definition) is 1. The fraction of sp³-hybridized carbons (Fsp3) is 0.250. The molecule has 0 atom stereocenters. The first kappa shape index (κ1) is 9.06.